The summed E-state index contributed by atoms with van der Waals surface area (Å²) in [6.45, 7) is 4.81. The van der Waals surface area contributed by atoms with Gasteiger partial charge in [-0.15, -0.1) is 11.3 Å². The second-order valence-electron chi connectivity index (χ2n) is 4.55. The van der Waals surface area contributed by atoms with E-state index in [4.69, 9.17) is 5.84 Å². The minimum atomic E-state index is 0.685. The predicted octanol–water partition coefficient (Wildman–Crippen LogP) is 3.09. The number of nitrogens with two attached hydrogens (primary N) is 1. The highest BCUT2D eigenvalue weighted by Crippen LogP contribution is 2.26. The molecule has 3 N–H and O–H groups in total. The fourth-order valence-corrected chi connectivity index (χ4v) is 3.20. The molecule has 2 aromatic rings. The first kappa shape index (κ1) is 15.2. The molecule has 0 unspecified atom stereocenters. The van der Waals surface area contributed by atoms with Crippen molar-refractivity contribution in [2.24, 2.45) is 5.84 Å². The maximum absolute atomic E-state index is 5.54. The van der Waals surface area contributed by atoms with Crippen LogP contribution in [0, 0.1) is 6.92 Å². The average Bonchev–Trinajstić information content (AvgIpc) is 2.84. The monoisotopic (exact) mass is 355 g/mol. The topological polar surface area (TPSA) is 67.1 Å². The molecule has 0 aliphatic carbocycles. The van der Waals surface area contributed by atoms with Crippen LogP contribution in [0.2, 0.25) is 0 Å². The van der Waals surface area contributed by atoms with Gasteiger partial charge in [-0.3, -0.25) is 0 Å². The van der Waals surface area contributed by atoms with Crippen molar-refractivity contribution in [2.75, 3.05) is 17.4 Å². The van der Waals surface area contributed by atoms with Crippen molar-refractivity contribution in [3.63, 3.8) is 0 Å². The Morgan fingerprint density at radius 2 is 2.20 bits per heavy atom. The highest BCUT2D eigenvalue weighted by Gasteiger charge is 2.14. The van der Waals surface area contributed by atoms with Gasteiger partial charge in [-0.2, -0.15) is 0 Å². The smallest absolute Gasteiger partial charge is 0.148 e. The van der Waals surface area contributed by atoms with Gasteiger partial charge in [0, 0.05) is 25.6 Å². The van der Waals surface area contributed by atoms with Crippen molar-refractivity contribution in [3.8, 4) is 0 Å². The number of halogens is 1. The number of aromatic nitrogens is 2. The minimum absolute atomic E-state index is 0.685. The molecular weight excluding hydrogens is 338 g/mol. The standard InChI is InChI=1S/C13H18BrN5S/c1-4-11-16-12(18-15)8(2)13(17-11)19(3)6-9-5-10(14)20-7-9/h5,7H,4,6,15H2,1-3H3,(H,16,17,18). The number of hydrogen-bond acceptors (Lipinski definition) is 6. The van der Waals surface area contributed by atoms with E-state index in [1.807, 2.05) is 20.9 Å². The third-order valence-electron chi connectivity index (χ3n) is 3.02. The number of anilines is 2. The van der Waals surface area contributed by atoms with Crippen LogP contribution in [-0.2, 0) is 13.0 Å². The number of rotatable bonds is 5. The molecule has 0 aromatic carbocycles. The molecule has 2 aromatic heterocycles. The first-order valence-corrected chi connectivity index (χ1v) is 8.00. The largest absolute Gasteiger partial charge is 0.355 e. The number of nitrogen functional groups attached to an aromatic ring is 1. The summed E-state index contributed by atoms with van der Waals surface area (Å²) >= 11 is 5.17. The minimum Gasteiger partial charge on any atom is -0.355 e. The van der Waals surface area contributed by atoms with Gasteiger partial charge in [-0.05, 0) is 39.9 Å². The highest BCUT2D eigenvalue weighted by atomic mass is 79.9. The molecule has 0 bridgehead atoms. The van der Waals surface area contributed by atoms with Crippen molar-refractivity contribution in [1.82, 2.24) is 9.97 Å². The van der Waals surface area contributed by atoms with E-state index in [-0.39, 0.29) is 0 Å². The Labute approximate surface area is 131 Å². The molecule has 5 nitrogen and oxygen atoms in total. The second kappa shape index (κ2) is 6.51. The Bertz CT molecular complexity index is 598. The van der Waals surface area contributed by atoms with Crippen molar-refractivity contribution in [3.05, 3.63) is 32.2 Å². The van der Waals surface area contributed by atoms with Crippen LogP contribution < -0.4 is 16.2 Å². The van der Waals surface area contributed by atoms with Gasteiger partial charge in [0.1, 0.15) is 17.5 Å². The Balaban J connectivity index is 2.30. The summed E-state index contributed by atoms with van der Waals surface area (Å²) in [5.74, 6) is 7.92. The maximum Gasteiger partial charge on any atom is 0.148 e. The number of nitrogens with one attached hydrogen (secondary N) is 1. The number of hydrogen-bond donors (Lipinski definition) is 2. The molecule has 20 heavy (non-hydrogen) atoms. The van der Waals surface area contributed by atoms with E-state index in [0.29, 0.717) is 5.82 Å². The molecule has 0 spiro atoms. The van der Waals surface area contributed by atoms with E-state index in [1.54, 1.807) is 11.3 Å². The molecule has 0 aliphatic rings. The van der Waals surface area contributed by atoms with Crippen LogP contribution in [0.25, 0.3) is 0 Å². The van der Waals surface area contributed by atoms with Crippen molar-refractivity contribution in [2.45, 2.75) is 26.8 Å². The van der Waals surface area contributed by atoms with Gasteiger partial charge in [0.25, 0.3) is 0 Å². The normalized spacial score (nSPS) is 10.7. The second-order valence-corrected chi connectivity index (χ2v) is 6.84. The summed E-state index contributed by atoms with van der Waals surface area (Å²) in [5.41, 5.74) is 4.86. The van der Waals surface area contributed by atoms with Crippen LogP contribution in [0.3, 0.4) is 0 Å². The summed E-state index contributed by atoms with van der Waals surface area (Å²) in [6, 6.07) is 2.13. The highest BCUT2D eigenvalue weighted by molar-refractivity contribution is 9.11. The molecule has 0 saturated heterocycles. The zero-order chi connectivity index (χ0) is 14.7. The van der Waals surface area contributed by atoms with Gasteiger partial charge in [-0.1, -0.05) is 6.92 Å². The Kier molecular flexibility index (Phi) is 4.95. The molecule has 7 heteroatoms. The van der Waals surface area contributed by atoms with Crippen LogP contribution in [-0.4, -0.2) is 17.0 Å². The SMILES string of the molecule is CCc1nc(NN)c(C)c(N(C)Cc2csc(Br)c2)n1. The lowest BCUT2D eigenvalue weighted by Gasteiger charge is -2.21. The summed E-state index contributed by atoms with van der Waals surface area (Å²) < 4.78 is 1.14. The zero-order valence-electron chi connectivity index (χ0n) is 11.8. The van der Waals surface area contributed by atoms with Crippen LogP contribution in [0.15, 0.2) is 15.2 Å². The summed E-state index contributed by atoms with van der Waals surface area (Å²) in [4.78, 5) is 11.1. The first-order chi connectivity index (χ1) is 9.55. The molecule has 0 amide bonds. The van der Waals surface area contributed by atoms with Crippen LogP contribution in [0.5, 0.6) is 0 Å². The predicted molar refractivity (Wildman–Crippen MR) is 88.1 cm³/mol. The Morgan fingerprint density at radius 1 is 1.45 bits per heavy atom. The molecule has 0 saturated carbocycles. The van der Waals surface area contributed by atoms with Crippen molar-refractivity contribution < 1.29 is 0 Å². The summed E-state index contributed by atoms with van der Waals surface area (Å²) in [7, 11) is 2.03. The molecule has 0 fully saturated rings. The fraction of sp³-hybridized carbons (Fsp3) is 0.385. The van der Waals surface area contributed by atoms with E-state index in [9.17, 15) is 0 Å². The lowest BCUT2D eigenvalue weighted by atomic mass is 10.2. The maximum atomic E-state index is 5.54. The van der Waals surface area contributed by atoms with Gasteiger partial charge >= 0.3 is 0 Å². The van der Waals surface area contributed by atoms with Gasteiger partial charge in [0.15, 0.2) is 0 Å². The first-order valence-electron chi connectivity index (χ1n) is 6.33. The van der Waals surface area contributed by atoms with E-state index in [2.05, 4.69) is 47.7 Å². The van der Waals surface area contributed by atoms with E-state index in [0.717, 1.165) is 34.0 Å². The average molecular weight is 356 g/mol. The van der Waals surface area contributed by atoms with E-state index < -0.39 is 0 Å². The van der Waals surface area contributed by atoms with E-state index in [1.165, 1.54) is 5.56 Å². The van der Waals surface area contributed by atoms with Crippen LogP contribution in [0.1, 0.15) is 23.9 Å². The number of thiophene rings is 1. The zero-order valence-corrected chi connectivity index (χ0v) is 14.2. The fourth-order valence-electron chi connectivity index (χ4n) is 2.00. The lowest BCUT2D eigenvalue weighted by Crippen LogP contribution is -2.21. The number of aryl methyl sites for hydroxylation is 1. The van der Waals surface area contributed by atoms with Gasteiger partial charge in [0.05, 0.1) is 3.79 Å². The van der Waals surface area contributed by atoms with Gasteiger partial charge in [0.2, 0.25) is 0 Å². The van der Waals surface area contributed by atoms with Crippen LogP contribution >= 0.6 is 27.3 Å². The lowest BCUT2D eigenvalue weighted by molar-refractivity contribution is 0.851. The molecule has 2 heterocycles. The summed E-state index contributed by atoms with van der Waals surface area (Å²) in [5, 5.41) is 2.14. The molecular formula is C13H18BrN5S. The Morgan fingerprint density at radius 3 is 2.75 bits per heavy atom. The molecule has 0 aliphatic heterocycles. The number of hydrazine groups is 1. The van der Waals surface area contributed by atoms with Gasteiger partial charge < -0.3 is 10.3 Å². The van der Waals surface area contributed by atoms with Crippen molar-refractivity contribution >= 4 is 38.9 Å². The molecule has 0 atom stereocenters. The molecule has 108 valence electrons. The Hall–Kier alpha value is -1.18. The van der Waals surface area contributed by atoms with Gasteiger partial charge in [-0.25, -0.2) is 15.8 Å². The quantitative estimate of drug-likeness (QED) is 0.637. The van der Waals surface area contributed by atoms with Crippen LogP contribution in [0.4, 0.5) is 11.6 Å². The number of nitrogens with zero attached hydrogens (tertiary/aromatic N) is 3. The summed E-state index contributed by atoms with van der Waals surface area (Å²) in [6.07, 6.45) is 0.778. The molecule has 2 rings (SSSR count). The third-order valence-corrected chi connectivity index (χ3v) is 4.58. The van der Waals surface area contributed by atoms with E-state index >= 15 is 0 Å². The van der Waals surface area contributed by atoms with Crippen molar-refractivity contribution in [1.29, 1.82) is 0 Å². The third kappa shape index (κ3) is 3.28. The molecule has 0 radical (unpaired) electrons.